The number of benzene rings is 1. The van der Waals surface area contributed by atoms with Gasteiger partial charge in [0.1, 0.15) is 5.82 Å². The van der Waals surface area contributed by atoms with Gasteiger partial charge in [-0.15, -0.1) is 0 Å². The zero-order valence-electron chi connectivity index (χ0n) is 10.3. The third-order valence-electron chi connectivity index (χ3n) is 3.42. The van der Waals surface area contributed by atoms with Crippen LogP contribution in [0.4, 0.5) is 4.39 Å². The highest BCUT2D eigenvalue weighted by atomic mass is 19.1. The molecule has 0 bridgehead atoms. The summed E-state index contributed by atoms with van der Waals surface area (Å²) in [6.45, 7) is 3.09. The average molecular weight is 246 g/mol. The van der Waals surface area contributed by atoms with Crippen molar-refractivity contribution in [3.8, 4) is 6.07 Å². The second-order valence-electron chi connectivity index (χ2n) is 4.67. The Bertz CT molecular complexity index is 507. The SMILES string of the molecule is CCC1CC(=O)N(Cc2cc(F)ccc2C#N)C1. The van der Waals surface area contributed by atoms with Gasteiger partial charge in [-0.05, 0) is 29.7 Å². The summed E-state index contributed by atoms with van der Waals surface area (Å²) in [6.07, 6.45) is 1.53. The van der Waals surface area contributed by atoms with Crippen LogP contribution in [-0.2, 0) is 11.3 Å². The summed E-state index contributed by atoms with van der Waals surface area (Å²) in [5, 5.41) is 8.97. The summed E-state index contributed by atoms with van der Waals surface area (Å²) < 4.78 is 13.2. The van der Waals surface area contributed by atoms with Gasteiger partial charge < -0.3 is 4.90 Å². The molecule has 1 unspecified atom stereocenters. The minimum atomic E-state index is -0.373. The van der Waals surface area contributed by atoms with E-state index >= 15 is 0 Å². The topological polar surface area (TPSA) is 44.1 Å². The lowest BCUT2D eigenvalue weighted by atomic mass is 10.1. The third kappa shape index (κ3) is 2.51. The molecule has 1 amide bonds. The number of nitrogens with zero attached hydrogens (tertiary/aromatic N) is 2. The van der Waals surface area contributed by atoms with E-state index in [1.807, 2.05) is 6.07 Å². The number of halogens is 1. The van der Waals surface area contributed by atoms with Crippen molar-refractivity contribution in [3.63, 3.8) is 0 Å². The maximum atomic E-state index is 13.2. The Morgan fingerprint density at radius 2 is 2.33 bits per heavy atom. The van der Waals surface area contributed by atoms with E-state index in [9.17, 15) is 9.18 Å². The highest BCUT2D eigenvalue weighted by Crippen LogP contribution is 2.23. The number of hydrogen-bond acceptors (Lipinski definition) is 2. The van der Waals surface area contributed by atoms with Gasteiger partial charge in [0.15, 0.2) is 0 Å². The minimum absolute atomic E-state index is 0.0926. The molecule has 3 nitrogen and oxygen atoms in total. The van der Waals surface area contributed by atoms with E-state index in [1.165, 1.54) is 18.2 Å². The van der Waals surface area contributed by atoms with Crippen molar-refractivity contribution >= 4 is 5.91 Å². The zero-order valence-corrected chi connectivity index (χ0v) is 10.3. The quantitative estimate of drug-likeness (QED) is 0.822. The number of nitriles is 1. The van der Waals surface area contributed by atoms with Gasteiger partial charge in [-0.3, -0.25) is 4.79 Å². The largest absolute Gasteiger partial charge is 0.338 e. The van der Waals surface area contributed by atoms with Gasteiger partial charge >= 0.3 is 0 Å². The molecule has 94 valence electrons. The monoisotopic (exact) mass is 246 g/mol. The second kappa shape index (κ2) is 5.18. The summed E-state index contributed by atoms with van der Waals surface area (Å²) in [4.78, 5) is 13.5. The summed E-state index contributed by atoms with van der Waals surface area (Å²) in [7, 11) is 0. The van der Waals surface area contributed by atoms with Gasteiger partial charge in [-0.2, -0.15) is 5.26 Å². The van der Waals surface area contributed by atoms with Crippen LogP contribution in [-0.4, -0.2) is 17.4 Å². The van der Waals surface area contributed by atoms with E-state index in [4.69, 9.17) is 5.26 Å². The van der Waals surface area contributed by atoms with E-state index < -0.39 is 0 Å². The maximum absolute atomic E-state index is 13.2. The molecule has 4 heteroatoms. The van der Waals surface area contributed by atoms with Gasteiger partial charge in [-0.25, -0.2) is 4.39 Å². The van der Waals surface area contributed by atoms with Gasteiger partial charge in [0.05, 0.1) is 11.6 Å². The summed E-state index contributed by atoms with van der Waals surface area (Å²) in [5.74, 6) is 0.106. The van der Waals surface area contributed by atoms with Crippen LogP contribution in [0.25, 0.3) is 0 Å². The number of rotatable bonds is 3. The number of likely N-dealkylation sites (tertiary alicyclic amines) is 1. The molecule has 0 aromatic heterocycles. The molecule has 18 heavy (non-hydrogen) atoms. The van der Waals surface area contributed by atoms with Gasteiger partial charge in [0.2, 0.25) is 5.91 Å². The predicted octanol–water partition coefficient (Wildman–Crippen LogP) is 2.46. The van der Waals surface area contributed by atoms with Crippen LogP contribution in [0.3, 0.4) is 0 Å². The molecule has 0 saturated carbocycles. The van der Waals surface area contributed by atoms with Crippen molar-refractivity contribution in [2.24, 2.45) is 5.92 Å². The molecule has 0 N–H and O–H groups in total. The Morgan fingerprint density at radius 3 is 2.94 bits per heavy atom. The lowest BCUT2D eigenvalue weighted by Crippen LogP contribution is -2.25. The van der Waals surface area contributed by atoms with E-state index in [0.29, 0.717) is 36.6 Å². The highest BCUT2D eigenvalue weighted by Gasteiger charge is 2.28. The van der Waals surface area contributed by atoms with Crippen LogP contribution in [0.1, 0.15) is 30.9 Å². The first-order valence-electron chi connectivity index (χ1n) is 6.10. The number of amides is 1. The molecular formula is C14H15FN2O. The molecule has 1 aliphatic rings. The maximum Gasteiger partial charge on any atom is 0.223 e. The van der Waals surface area contributed by atoms with Crippen LogP contribution in [0.15, 0.2) is 18.2 Å². The Kier molecular flexibility index (Phi) is 3.61. The molecular weight excluding hydrogens is 231 g/mol. The molecule has 1 aromatic rings. The van der Waals surface area contributed by atoms with Crippen LogP contribution in [0.2, 0.25) is 0 Å². The van der Waals surface area contributed by atoms with Crippen molar-refractivity contribution in [1.29, 1.82) is 5.26 Å². The van der Waals surface area contributed by atoms with Crippen LogP contribution in [0, 0.1) is 23.1 Å². The summed E-state index contributed by atoms with van der Waals surface area (Å²) >= 11 is 0. The standard InChI is InChI=1S/C14H15FN2O/c1-2-10-5-14(18)17(8-10)9-12-6-13(15)4-3-11(12)7-16/h3-4,6,10H,2,5,8-9H2,1H3. The second-order valence-corrected chi connectivity index (χ2v) is 4.67. The first-order chi connectivity index (χ1) is 8.63. The zero-order chi connectivity index (χ0) is 13.1. The third-order valence-corrected chi connectivity index (χ3v) is 3.42. The first kappa shape index (κ1) is 12.6. The predicted molar refractivity (Wildman–Crippen MR) is 64.9 cm³/mol. The van der Waals surface area contributed by atoms with Crippen molar-refractivity contribution in [3.05, 3.63) is 35.1 Å². The van der Waals surface area contributed by atoms with Crippen molar-refractivity contribution < 1.29 is 9.18 Å². The van der Waals surface area contributed by atoms with Gasteiger partial charge in [0, 0.05) is 19.5 Å². The molecule has 0 aliphatic carbocycles. The van der Waals surface area contributed by atoms with Gasteiger partial charge in [-0.1, -0.05) is 13.3 Å². The Hall–Kier alpha value is -1.89. The fourth-order valence-corrected chi connectivity index (χ4v) is 2.29. The minimum Gasteiger partial charge on any atom is -0.338 e. The summed E-state index contributed by atoms with van der Waals surface area (Å²) in [6, 6.07) is 6.10. The highest BCUT2D eigenvalue weighted by molar-refractivity contribution is 5.78. The van der Waals surface area contributed by atoms with E-state index in [2.05, 4.69) is 6.92 Å². The summed E-state index contributed by atoms with van der Waals surface area (Å²) in [5.41, 5.74) is 1.02. The normalized spacial score (nSPS) is 19.1. The fourth-order valence-electron chi connectivity index (χ4n) is 2.29. The van der Waals surface area contributed by atoms with E-state index in [-0.39, 0.29) is 11.7 Å². The molecule has 2 rings (SSSR count). The molecule has 0 spiro atoms. The molecule has 1 saturated heterocycles. The van der Waals surface area contributed by atoms with Crippen molar-refractivity contribution in [2.45, 2.75) is 26.3 Å². The lowest BCUT2D eigenvalue weighted by molar-refractivity contribution is -0.128. The number of carbonyl (C=O) groups excluding carboxylic acids is 1. The van der Waals surface area contributed by atoms with Crippen LogP contribution in [0.5, 0.6) is 0 Å². The number of hydrogen-bond donors (Lipinski definition) is 0. The molecule has 1 heterocycles. The molecule has 1 fully saturated rings. The van der Waals surface area contributed by atoms with Crippen molar-refractivity contribution in [1.82, 2.24) is 4.90 Å². The van der Waals surface area contributed by atoms with E-state index in [0.717, 1.165) is 6.42 Å². The number of carbonyl (C=O) groups is 1. The Morgan fingerprint density at radius 1 is 1.56 bits per heavy atom. The smallest absolute Gasteiger partial charge is 0.223 e. The first-order valence-corrected chi connectivity index (χ1v) is 6.10. The molecule has 1 aliphatic heterocycles. The van der Waals surface area contributed by atoms with Crippen molar-refractivity contribution in [2.75, 3.05) is 6.54 Å². The fraction of sp³-hybridized carbons (Fsp3) is 0.429. The molecule has 0 radical (unpaired) electrons. The molecule has 1 atom stereocenters. The average Bonchev–Trinajstić information content (AvgIpc) is 2.71. The Balaban J connectivity index is 2.17. The molecule has 1 aromatic carbocycles. The Labute approximate surface area is 106 Å². The van der Waals surface area contributed by atoms with Crippen LogP contribution >= 0.6 is 0 Å². The van der Waals surface area contributed by atoms with E-state index in [1.54, 1.807) is 4.90 Å². The van der Waals surface area contributed by atoms with Crippen LogP contribution < -0.4 is 0 Å². The van der Waals surface area contributed by atoms with Gasteiger partial charge in [0.25, 0.3) is 0 Å². The lowest BCUT2D eigenvalue weighted by Gasteiger charge is -2.17.